The zero-order valence-electron chi connectivity index (χ0n) is 15.6. The summed E-state index contributed by atoms with van der Waals surface area (Å²) < 4.78 is 0. The van der Waals surface area contributed by atoms with Crippen molar-refractivity contribution < 1.29 is 33.9 Å². The number of primary amides is 2. The number of nitrogens with two attached hydrogens (primary N) is 3. The molecule has 0 bridgehead atoms. The Labute approximate surface area is 171 Å². The van der Waals surface area contributed by atoms with Crippen LogP contribution in [0.4, 0.5) is 0 Å². The Morgan fingerprint density at radius 3 is 1.83 bits per heavy atom. The van der Waals surface area contributed by atoms with Gasteiger partial charge in [0.25, 0.3) is 0 Å². The third-order valence-electron chi connectivity index (χ3n) is 3.58. The lowest BCUT2D eigenvalue weighted by Gasteiger charge is -2.21. The van der Waals surface area contributed by atoms with Crippen LogP contribution >= 0.6 is 12.6 Å². The molecule has 5 amide bonds. The van der Waals surface area contributed by atoms with Gasteiger partial charge >= 0.3 is 5.97 Å². The zero-order chi connectivity index (χ0) is 22.6. The van der Waals surface area contributed by atoms with Crippen LogP contribution in [0.5, 0.6) is 0 Å². The lowest BCUT2D eigenvalue weighted by Crippen LogP contribution is -2.54. The second-order valence-corrected chi connectivity index (χ2v) is 6.40. The van der Waals surface area contributed by atoms with Crippen LogP contribution in [0.1, 0.15) is 25.7 Å². The molecule has 0 spiro atoms. The van der Waals surface area contributed by atoms with Crippen LogP contribution in [0.25, 0.3) is 0 Å². The molecule has 0 heterocycles. The van der Waals surface area contributed by atoms with E-state index < -0.39 is 60.2 Å². The van der Waals surface area contributed by atoms with Gasteiger partial charge in [-0.15, -0.1) is 0 Å². The summed E-state index contributed by atoms with van der Waals surface area (Å²) in [6, 6.07) is -3.67. The molecule has 0 aromatic rings. The molecule has 10 N–H and O–H groups in total. The first kappa shape index (κ1) is 26.1. The van der Waals surface area contributed by atoms with E-state index in [0.29, 0.717) is 0 Å². The predicted molar refractivity (Wildman–Crippen MR) is 103 cm³/mol. The number of carboxylic acids is 1. The Kier molecular flexibility index (Phi) is 12.0. The van der Waals surface area contributed by atoms with Gasteiger partial charge in [-0.3, -0.25) is 24.0 Å². The summed E-state index contributed by atoms with van der Waals surface area (Å²) in [6.45, 7) is -0.509. The Bertz CT molecular complexity index is 645. The molecule has 0 saturated carbocycles. The van der Waals surface area contributed by atoms with Crippen molar-refractivity contribution >= 4 is 48.1 Å². The van der Waals surface area contributed by atoms with Crippen molar-refractivity contribution in [3.8, 4) is 0 Å². The van der Waals surface area contributed by atoms with Crippen molar-refractivity contribution in [3.05, 3.63) is 0 Å². The number of hydrogen-bond donors (Lipinski definition) is 8. The fourth-order valence-corrected chi connectivity index (χ4v) is 2.16. The molecule has 14 heteroatoms. The Hall–Kier alpha value is -2.87. The van der Waals surface area contributed by atoms with Crippen molar-refractivity contribution in [2.45, 2.75) is 43.8 Å². The molecule has 0 radical (unpaired) electrons. The Balaban J connectivity index is 4.99. The van der Waals surface area contributed by atoms with Gasteiger partial charge in [-0.25, -0.2) is 4.79 Å². The number of carboxylic acid groups (broad SMARTS) is 1. The molecule has 0 rings (SSSR count). The van der Waals surface area contributed by atoms with Gasteiger partial charge in [0.2, 0.25) is 29.5 Å². The molecule has 0 saturated heterocycles. The highest BCUT2D eigenvalue weighted by Crippen LogP contribution is 2.02. The van der Waals surface area contributed by atoms with Crippen molar-refractivity contribution in [1.29, 1.82) is 0 Å². The fraction of sp³-hybridized carbons (Fsp3) is 0.600. The summed E-state index contributed by atoms with van der Waals surface area (Å²) >= 11 is 3.85. The summed E-state index contributed by atoms with van der Waals surface area (Å²) in [6.07, 6.45) is -1.02. The molecule has 0 aliphatic carbocycles. The summed E-state index contributed by atoms with van der Waals surface area (Å²) in [5, 5.41) is 15.8. The molecule has 0 aliphatic rings. The standard InChI is InChI=1S/C15H26N6O7S/c16-7(6-29)13(25)19-5-12(24)20-8(1-3-10(17)22)14(26)21-9(15(27)28)2-4-11(18)23/h7-9,29H,1-6,16H2,(H2,17,22)(H2,18,23)(H,19,25)(H,20,24)(H,21,26)(H,27,28). The zero-order valence-corrected chi connectivity index (χ0v) is 16.4. The molecule has 0 aromatic carbocycles. The maximum Gasteiger partial charge on any atom is 0.326 e. The van der Waals surface area contributed by atoms with Crippen molar-refractivity contribution in [1.82, 2.24) is 16.0 Å². The lowest BCUT2D eigenvalue weighted by molar-refractivity contribution is -0.142. The summed E-state index contributed by atoms with van der Waals surface area (Å²) in [5.74, 6) is -5.17. The minimum absolute atomic E-state index is 0.0545. The average Bonchev–Trinajstić information content (AvgIpc) is 2.64. The van der Waals surface area contributed by atoms with Gasteiger partial charge in [0, 0.05) is 18.6 Å². The maximum atomic E-state index is 12.4. The minimum Gasteiger partial charge on any atom is -0.480 e. The smallest absolute Gasteiger partial charge is 0.326 e. The topological polar surface area (TPSA) is 237 Å². The summed E-state index contributed by atoms with van der Waals surface area (Å²) in [5.41, 5.74) is 15.5. The first-order valence-electron chi connectivity index (χ1n) is 8.51. The molecule has 3 atom stereocenters. The highest BCUT2D eigenvalue weighted by atomic mass is 32.1. The number of carbonyl (C=O) groups excluding carboxylic acids is 5. The molecule has 29 heavy (non-hydrogen) atoms. The molecular formula is C15H26N6O7S. The SMILES string of the molecule is NC(=O)CCC(NC(=O)C(CCC(N)=O)NC(=O)CNC(=O)C(N)CS)C(=O)O. The van der Waals surface area contributed by atoms with E-state index in [1.165, 1.54) is 0 Å². The predicted octanol–water partition coefficient (Wildman–Crippen LogP) is -4.06. The average molecular weight is 434 g/mol. The van der Waals surface area contributed by atoms with Crippen molar-refractivity contribution in [2.24, 2.45) is 17.2 Å². The second kappa shape index (κ2) is 13.3. The quantitative estimate of drug-likeness (QED) is 0.125. The molecule has 0 fully saturated rings. The molecule has 0 aromatic heterocycles. The van der Waals surface area contributed by atoms with Gasteiger partial charge in [-0.05, 0) is 12.8 Å². The minimum atomic E-state index is -1.43. The second-order valence-electron chi connectivity index (χ2n) is 6.04. The molecular weight excluding hydrogens is 408 g/mol. The van der Waals surface area contributed by atoms with Gasteiger partial charge in [0.05, 0.1) is 12.6 Å². The number of nitrogens with one attached hydrogen (secondary N) is 3. The third kappa shape index (κ3) is 11.5. The van der Waals surface area contributed by atoms with Gasteiger partial charge in [0.1, 0.15) is 12.1 Å². The van der Waals surface area contributed by atoms with Crippen molar-refractivity contribution in [2.75, 3.05) is 12.3 Å². The van der Waals surface area contributed by atoms with Gasteiger partial charge in [0.15, 0.2) is 0 Å². The number of aliphatic carboxylic acids is 1. The summed E-state index contributed by atoms with van der Waals surface area (Å²) in [4.78, 5) is 69.0. The van der Waals surface area contributed by atoms with Crippen LogP contribution in [-0.4, -0.2) is 71.0 Å². The summed E-state index contributed by atoms with van der Waals surface area (Å²) in [7, 11) is 0. The fourth-order valence-electron chi connectivity index (χ4n) is 2.00. The Morgan fingerprint density at radius 2 is 1.38 bits per heavy atom. The number of hydrogen-bond acceptors (Lipinski definition) is 8. The van der Waals surface area contributed by atoms with Crippen LogP contribution in [0.2, 0.25) is 0 Å². The first-order valence-corrected chi connectivity index (χ1v) is 9.14. The van der Waals surface area contributed by atoms with Crippen LogP contribution in [0, 0.1) is 0 Å². The van der Waals surface area contributed by atoms with E-state index in [-0.39, 0.29) is 31.4 Å². The Morgan fingerprint density at radius 1 is 0.862 bits per heavy atom. The molecule has 3 unspecified atom stereocenters. The van der Waals surface area contributed by atoms with Crippen molar-refractivity contribution in [3.63, 3.8) is 0 Å². The highest BCUT2D eigenvalue weighted by Gasteiger charge is 2.27. The van der Waals surface area contributed by atoms with E-state index >= 15 is 0 Å². The van der Waals surface area contributed by atoms with E-state index in [0.717, 1.165) is 0 Å². The normalized spacial score (nSPS) is 13.4. The van der Waals surface area contributed by atoms with Gasteiger partial charge in [-0.2, -0.15) is 12.6 Å². The molecule has 0 aliphatic heterocycles. The number of thiol groups is 1. The number of carbonyl (C=O) groups is 6. The maximum absolute atomic E-state index is 12.4. The number of rotatable bonds is 14. The van der Waals surface area contributed by atoms with Crippen LogP contribution in [0.15, 0.2) is 0 Å². The third-order valence-corrected chi connectivity index (χ3v) is 3.98. The number of amides is 5. The first-order chi connectivity index (χ1) is 13.5. The molecule has 164 valence electrons. The van der Waals surface area contributed by atoms with Crippen LogP contribution in [0.3, 0.4) is 0 Å². The van der Waals surface area contributed by atoms with Crippen LogP contribution in [-0.2, 0) is 28.8 Å². The monoisotopic (exact) mass is 434 g/mol. The van der Waals surface area contributed by atoms with Gasteiger partial charge < -0.3 is 38.3 Å². The van der Waals surface area contributed by atoms with Crippen LogP contribution < -0.4 is 33.2 Å². The van der Waals surface area contributed by atoms with E-state index in [1.807, 2.05) is 0 Å². The largest absolute Gasteiger partial charge is 0.480 e. The van der Waals surface area contributed by atoms with Gasteiger partial charge in [-0.1, -0.05) is 0 Å². The lowest BCUT2D eigenvalue weighted by atomic mass is 10.1. The van der Waals surface area contributed by atoms with E-state index in [9.17, 15) is 28.8 Å². The van der Waals surface area contributed by atoms with E-state index in [2.05, 4.69) is 28.6 Å². The highest BCUT2D eigenvalue weighted by molar-refractivity contribution is 7.80. The van der Waals surface area contributed by atoms with E-state index in [4.69, 9.17) is 22.3 Å². The molecule has 13 nitrogen and oxygen atoms in total. The van der Waals surface area contributed by atoms with E-state index in [1.54, 1.807) is 0 Å².